The van der Waals surface area contributed by atoms with Crippen LogP contribution in [-0.4, -0.2) is 46.5 Å². The van der Waals surface area contributed by atoms with E-state index in [1.807, 2.05) is 54.4 Å². The number of ketones is 1. The molecule has 1 aromatic heterocycles. The number of likely N-dealkylation sites (N-methyl/N-ethyl adjacent to an activating group) is 1. The molecule has 6 nitrogen and oxygen atoms in total. The highest BCUT2D eigenvalue weighted by molar-refractivity contribution is 7.82. The zero-order valence-electron chi connectivity index (χ0n) is 19.9. The van der Waals surface area contributed by atoms with Gasteiger partial charge in [-0.1, -0.05) is 53.5 Å². The molecule has 2 N–H and O–H groups in total. The van der Waals surface area contributed by atoms with Gasteiger partial charge in [-0.25, -0.2) is 8.93 Å². The zero-order chi connectivity index (χ0) is 25.8. The Hall–Kier alpha value is -2.52. The first-order valence-electron chi connectivity index (χ1n) is 11.3. The molecule has 36 heavy (non-hydrogen) atoms. The van der Waals surface area contributed by atoms with Crippen molar-refractivity contribution in [3.8, 4) is 11.1 Å². The average molecular weight is 545 g/mol. The second-order valence-electron chi connectivity index (χ2n) is 8.51. The van der Waals surface area contributed by atoms with Gasteiger partial charge in [0.2, 0.25) is 5.78 Å². The Labute approximate surface area is 222 Å². The SMILES string of the molecule is CN(CCO)Cc1c(C(=O)c2ccc(Cl)cc2Cl)oc2cc(-c3cccc(CNS(C)=O)c3)ccc12. The number of nitrogens with zero attached hydrogens (tertiary/aromatic N) is 1. The predicted molar refractivity (Wildman–Crippen MR) is 146 cm³/mol. The number of hydrogen-bond acceptors (Lipinski definition) is 5. The number of carbonyl (C=O) groups is 1. The Morgan fingerprint density at radius 2 is 1.86 bits per heavy atom. The number of aliphatic hydroxyl groups is 1. The molecule has 0 aliphatic carbocycles. The quantitative estimate of drug-likeness (QED) is 0.259. The van der Waals surface area contributed by atoms with Crippen LogP contribution in [0.1, 0.15) is 27.2 Å². The minimum Gasteiger partial charge on any atom is -0.452 e. The Kier molecular flexibility index (Phi) is 8.62. The summed E-state index contributed by atoms with van der Waals surface area (Å²) in [6.07, 6.45) is 1.60. The lowest BCUT2D eigenvalue weighted by Crippen LogP contribution is -2.22. The van der Waals surface area contributed by atoms with Crippen molar-refractivity contribution in [1.29, 1.82) is 0 Å². The molecule has 9 heteroatoms. The first-order chi connectivity index (χ1) is 17.3. The molecular formula is C27H26Cl2N2O4S. The van der Waals surface area contributed by atoms with Crippen molar-refractivity contribution >= 4 is 50.9 Å². The minimum absolute atomic E-state index is 0.000455. The van der Waals surface area contributed by atoms with E-state index in [1.165, 1.54) is 6.07 Å². The molecule has 3 aromatic carbocycles. The molecule has 0 bridgehead atoms. The molecule has 1 heterocycles. The van der Waals surface area contributed by atoms with Crippen LogP contribution in [0.2, 0.25) is 10.0 Å². The smallest absolute Gasteiger partial charge is 0.230 e. The van der Waals surface area contributed by atoms with Crippen LogP contribution in [0.15, 0.2) is 65.1 Å². The van der Waals surface area contributed by atoms with Gasteiger partial charge in [0, 0.05) is 47.4 Å². The van der Waals surface area contributed by atoms with E-state index < -0.39 is 11.0 Å². The van der Waals surface area contributed by atoms with Crippen LogP contribution in [0.3, 0.4) is 0 Å². The van der Waals surface area contributed by atoms with E-state index in [9.17, 15) is 14.1 Å². The molecule has 0 radical (unpaired) electrons. The standard InChI is InChI=1S/C27H26Cl2N2O4S/c1-31(10-11-32)16-23-21-8-6-19(18-5-3-4-17(12-18)15-30-36(2)34)13-25(21)35-27(23)26(33)22-9-7-20(28)14-24(22)29/h3-9,12-14,30,32H,10-11,15-16H2,1-2H3. The maximum absolute atomic E-state index is 13.5. The van der Waals surface area contributed by atoms with Crippen LogP contribution in [0, 0.1) is 0 Å². The van der Waals surface area contributed by atoms with Gasteiger partial charge in [-0.05, 0) is 54.1 Å². The fourth-order valence-corrected chi connectivity index (χ4v) is 4.90. The first-order valence-corrected chi connectivity index (χ1v) is 13.6. The summed E-state index contributed by atoms with van der Waals surface area (Å²) in [5.74, 6) is -0.123. The highest BCUT2D eigenvalue weighted by Gasteiger charge is 2.24. The molecular weight excluding hydrogens is 519 g/mol. The number of benzene rings is 3. The monoisotopic (exact) mass is 544 g/mol. The lowest BCUT2D eigenvalue weighted by atomic mass is 9.99. The van der Waals surface area contributed by atoms with E-state index in [1.54, 1.807) is 18.4 Å². The van der Waals surface area contributed by atoms with Gasteiger partial charge in [-0.2, -0.15) is 0 Å². The maximum Gasteiger partial charge on any atom is 0.230 e. The number of fused-ring (bicyclic) bond motifs is 1. The van der Waals surface area contributed by atoms with Gasteiger partial charge in [0.15, 0.2) is 5.76 Å². The van der Waals surface area contributed by atoms with Crippen molar-refractivity contribution < 1.29 is 18.5 Å². The maximum atomic E-state index is 13.5. The predicted octanol–water partition coefficient (Wildman–Crippen LogP) is 5.44. The number of carbonyl (C=O) groups excluding carboxylic acids is 1. The summed E-state index contributed by atoms with van der Waals surface area (Å²) in [4.78, 5) is 15.4. The van der Waals surface area contributed by atoms with Crippen LogP contribution in [-0.2, 0) is 24.1 Å². The van der Waals surface area contributed by atoms with Gasteiger partial charge in [0.05, 0.1) is 22.6 Å². The van der Waals surface area contributed by atoms with Crippen molar-refractivity contribution in [3.63, 3.8) is 0 Å². The van der Waals surface area contributed by atoms with Crippen molar-refractivity contribution in [1.82, 2.24) is 9.62 Å². The number of rotatable bonds is 10. The topological polar surface area (TPSA) is 82.8 Å². The molecule has 0 fully saturated rings. The third-order valence-electron chi connectivity index (χ3n) is 5.82. The lowest BCUT2D eigenvalue weighted by Gasteiger charge is -2.15. The molecule has 1 atom stereocenters. The summed E-state index contributed by atoms with van der Waals surface area (Å²) in [7, 11) is 0.772. The van der Waals surface area contributed by atoms with Gasteiger partial charge >= 0.3 is 0 Å². The summed E-state index contributed by atoms with van der Waals surface area (Å²) >= 11 is 12.4. The molecule has 1 unspecified atom stereocenters. The summed E-state index contributed by atoms with van der Waals surface area (Å²) in [6.45, 7) is 1.35. The van der Waals surface area contributed by atoms with Gasteiger partial charge in [0.25, 0.3) is 0 Å². The fraction of sp³-hybridized carbons (Fsp3) is 0.222. The van der Waals surface area contributed by atoms with E-state index in [2.05, 4.69) is 4.72 Å². The molecule has 0 aliphatic heterocycles. The highest BCUT2D eigenvalue weighted by Crippen LogP contribution is 2.34. The Morgan fingerprint density at radius 3 is 2.58 bits per heavy atom. The van der Waals surface area contributed by atoms with Crippen LogP contribution in [0.25, 0.3) is 22.1 Å². The molecule has 0 aliphatic rings. The van der Waals surface area contributed by atoms with Gasteiger partial charge in [-0.3, -0.25) is 9.69 Å². The zero-order valence-corrected chi connectivity index (χ0v) is 22.2. The van der Waals surface area contributed by atoms with Crippen molar-refractivity contribution in [3.05, 3.63) is 93.2 Å². The molecule has 0 spiro atoms. The first kappa shape index (κ1) is 26.5. The van der Waals surface area contributed by atoms with Crippen LogP contribution >= 0.6 is 23.2 Å². The molecule has 4 aromatic rings. The Balaban J connectivity index is 1.77. The van der Waals surface area contributed by atoms with Crippen molar-refractivity contribution in [2.75, 3.05) is 26.5 Å². The summed E-state index contributed by atoms with van der Waals surface area (Å²) in [5, 5.41) is 10.9. The van der Waals surface area contributed by atoms with E-state index in [0.29, 0.717) is 35.8 Å². The van der Waals surface area contributed by atoms with Crippen LogP contribution in [0.5, 0.6) is 0 Å². The molecule has 0 saturated carbocycles. The van der Waals surface area contributed by atoms with E-state index in [-0.39, 0.29) is 23.2 Å². The number of furan rings is 1. The summed E-state index contributed by atoms with van der Waals surface area (Å²) < 4.78 is 20.5. The van der Waals surface area contributed by atoms with E-state index >= 15 is 0 Å². The molecule has 4 rings (SSSR count). The summed E-state index contributed by atoms with van der Waals surface area (Å²) in [5.41, 5.74) is 4.51. The second-order valence-corrected chi connectivity index (χ2v) is 10.6. The van der Waals surface area contributed by atoms with Crippen molar-refractivity contribution in [2.45, 2.75) is 13.1 Å². The van der Waals surface area contributed by atoms with Crippen LogP contribution < -0.4 is 4.72 Å². The number of aliphatic hydroxyl groups excluding tert-OH is 1. The Bertz CT molecular complexity index is 1440. The number of hydrogen-bond donors (Lipinski definition) is 2. The van der Waals surface area contributed by atoms with E-state index in [0.717, 1.165) is 27.6 Å². The highest BCUT2D eigenvalue weighted by atomic mass is 35.5. The largest absolute Gasteiger partial charge is 0.452 e. The molecule has 0 amide bonds. The average Bonchev–Trinajstić information content (AvgIpc) is 3.20. The van der Waals surface area contributed by atoms with Gasteiger partial charge in [-0.15, -0.1) is 0 Å². The molecule has 188 valence electrons. The van der Waals surface area contributed by atoms with Crippen molar-refractivity contribution in [2.24, 2.45) is 0 Å². The van der Waals surface area contributed by atoms with Gasteiger partial charge in [0.1, 0.15) is 5.58 Å². The summed E-state index contributed by atoms with van der Waals surface area (Å²) in [6, 6.07) is 18.5. The minimum atomic E-state index is -1.10. The second kappa shape index (κ2) is 11.7. The van der Waals surface area contributed by atoms with E-state index in [4.69, 9.17) is 27.6 Å². The fourth-order valence-electron chi connectivity index (χ4n) is 4.03. The number of halogens is 2. The Morgan fingerprint density at radius 1 is 1.08 bits per heavy atom. The van der Waals surface area contributed by atoms with Gasteiger partial charge < -0.3 is 9.52 Å². The lowest BCUT2D eigenvalue weighted by molar-refractivity contribution is 0.101. The third-order valence-corrected chi connectivity index (χ3v) is 6.92. The number of nitrogens with one attached hydrogen (secondary N) is 1. The normalized spacial score (nSPS) is 12.4. The third kappa shape index (κ3) is 6.06. The molecule has 0 saturated heterocycles. The van der Waals surface area contributed by atoms with Crippen LogP contribution in [0.4, 0.5) is 0 Å².